The van der Waals surface area contributed by atoms with Gasteiger partial charge in [-0.3, -0.25) is 4.68 Å². The molecule has 2 heterocycles. The Morgan fingerprint density at radius 1 is 1.50 bits per heavy atom. The van der Waals surface area contributed by atoms with Gasteiger partial charge in [-0.25, -0.2) is 4.79 Å². The van der Waals surface area contributed by atoms with Gasteiger partial charge in [-0.05, 0) is 30.9 Å². The second-order valence-electron chi connectivity index (χ2n) is 4.98. The summed E-state index contributed by atoms with van der Waals surface area (Å²) in [7, 11) is 3.69. The number of nitrogens with one attached hydrogen (secondary N) is 1. The molecule has 5 nitrogen and oxygen atoms in total. The maximum atomic E-state index is 12.0. The first-order valence-corrected chi connectivity index (χ1v) is 7.36. The molecule has 2 aromatic rings. The molecule has 0 fully saturated rings. The van der Waals surface area contributed by atoms with Gasteiger partial charge in [0, 0.05) is 30.2 Å². The fourth-order valence-electron chi connectivity index (χ4n) is 1.91. The van der Waals surface area contributed by atoms with Crippen molar-refractivity contribution in [2.75, 3.05) is 7.05 Å². The van der Waals surface area contributed by atoms with Crippen LogP contribution in [0.5, 0.6) is 0 Å². The van der Waals surface area contributed by atoms with Crippen molar-refractivity contribution in [2.45, 2.75) is 26.9 Å². The smallest absolute Gasteiger partial charge is 0.317 e. The molecule has 0 bridgehead atoms. The quantitative estimate of drug-likeness (QED) is 0.941. The third-order valence-corrected chi connectivity index (χ3v) is 4.34. The van der Waals surface area contributed by atoms with E-state index in [2.05, 4.69) is 28.8 Å². The first-order valence-electron chi connectivity index (χ1n) is 6.48. The van der Waals surface area contributed by atoms with E-state index in [0.29, 0.717) is 13.1 Å². The zero-order valence-electron chi connectivity index (χ0n) is 12.3. The number of carbonyl (C=O) groups excluding carboxylic acids is 1. The molecular weight excluding hydrogens is 272 g/mol. The number of hydrogen-bond acceptors (Lipinski definition) is 3. The molecule has 0 spiro atoms. The fourth-order valence-corrected chi connectivity index (χ4v) is 2.72. The second-order valence-corrected chi connectivity index (χ2v) is 5.98. The minimum atomic E-state index is -0.0701. The molecule has 0 aliphatic carbocycles. The average Bonchev–Trinajstić information content (AvgIpc) is 2.96. The molecule has 108 valence electrons. The van der Waals surface area contributed by atoms with Gasteiger partial charge >= 0.3 is 6.03 Å². The maximum Gasteiger partial charge on any atom is 0.317 e. The number of aromatic nitrogens is 2. The van der Waals surface area contributed by atoms with Crippen LogP contribution in [0.4, 0.5) is 4.79 Å². The van der Waals surface area contributed by atoms with Gasteiger partial charge in [0.1, 0.15) is 0 Å². The molecule has 0 saturated carbocycles. The van der Waals surface area contributed by atoms with Crippen molar-refractivity contribution in [3.05, 3.63) is 39.3 Å². The van der Waals surface area contributed by atoms with Crippen LogP contribution in [-0.4, -0.2) is 27.8 Å². The van der Waals surface area contributed by atoms with E-state index in [1.54, 1.807) is 23.3 Å². The van der Waals surface area contributed by atoms with Crippen LogP contribution in [0.1, 0.15) is 21.7 Å². The van der Waals surface area contributed by atoms with Gasteiger partial charge < -0.3 is 10.2 Å². The van der Waals surface area contributed by atoms with Crippen LogP contribution in [0.3, 0.4) is 0 Å². The van der Waals surface area contributed by atoms with Crippen LogP contribution in [0, 0.1) is 13.8 Å². The molecule has 20 heavy (non-hydrogen) atoms. The largest absolute Gasteiger partial charge is 0.333 e. The monoisotopic (exact) mass is 292 g/mol. The predicted molar refractivity (Wildman–Crippen MR) is 80.7 cm³/mol. The van der Waals surface area contributed by atoms with Gasteiger partial charge in [0.2, 0.25) is 0 Å². The highest BCUT2D eigenvalue weighted by molar-refractivity contribution is 7.10. The zero-order valence-corrected chi connectivity index (χ0v) is 13.1. The van der Waals surface area contributed by atoms with Gasteiger partial charge in [0.15, 0.2) is 0 Å². The SMILES string of the molecule is Cc1csc(CNC(=O)N(C)Cc2cnn(C)c2C)c1. The van der Waals surface area contributed by atoms with Crippen molar-refractivity contribution < 1.29 is 4.79 Å². The van der Waals surface area contributed by atoms with Crippen LogP contribution in [0.2, 0.25) is 0 Å². The number of aryl methyl sites for hydroxylation is 2. The highest BCUT2D eigenvalue weighted by Gasteiger charge is 2.12. The molecule has 0 atom stereocenters. The summed E-state index contributed by atoms with van der Waals surface area (Å²) in [5.41, 5.74) is 3.38. The lowest BCUT2D eigenvalue weighted by Crippen LogP contribution is -2.36. The number of amides is 2. The standard InChI is InChI=1S/C14H20N4OS/c1-10-5-13(20-9-10)7-15-14(19)17(3)8-12-6-16-18(4)11(12)2/h5-6,9H,7-8H2,1-4H3,(H,15,19). The number of carbonyl (C=O) groups is 1. The summed E-state index contributed by atoms with van der Waals surface area (Å²) in [6.45, 7) is 5.20. The summed E-state index contributed by atoms with van der Waals surface area (Å²) in [5.74, 6) is 0. The molecule has 2 rings (SSSR count). The number of hydrogen-bond donors (Lipinski definition) is 1. The average molecular weight is 292 g/mol. The molecule has 2 aromatic heterocycles. The maximum absolute atomic E-state index is 12.0. The first kappa shape index (κ1) is 14.6. The first-order chi connectivity index (χ1) is 9.47. The Morgan fingerprint density at radius 3 is 2.80 bits per heavy atom. The van der Waals surface area contributed by atoms with Gasteiger partial charge in [-0.15, -0.1) is 11.3 Å². The van der Waals surface area contributed by atoms with Crippen molar-refractivity contribution in [3.63, 3.8) is 0 Å². The minimum Gasteiger partial charge on any atom is -0.333 e. The van der Waals surface area contributed by atoms with E-state index < -0.39 is 0 Å². The van der Waals surface area contributed by atoms with Gasteiger partial charge in [0.25, 0.3) is 0 Å². The summed E-state index contributed by atoms with van der Waals surface area (Å²) >= 11 is 1.67. The molecule has 2 amide bonds. The molecule has 0 aromatic carbocycles. The highest BCUT2D eigenvalue weighted by atomic mass is 32.1. The van der Waals surface area contributed by atoms with Crippen molar-refractivity contribution in [1.82, 2.24) is 20.0 Å². The molecule has 1 N–H and O–H groups in total. The van der Waals surface area contributed by atoms with Crippen LogP contribution in [-0.2, 0) is 20.1 Å². The van der Waals surface area contributed by atoms with Crippen molar-refractivity contribution >= 4 is 17.4 Å². The van der Waals surface area contributed by atoms with Crippen LogP contribution in [0.15, 0.2) is 17.6 Å². The van der Waals surface area contributed by atoms with E-state index in [4.69, 9.17) is 0 Å². The molecule has 0 saturated heterocycles. The number of nitrogens with zero attached hydrogens (tertiary/aromatic N) is 3. The molecule has 0 aliphatic rings. The van der Waals surface area contributed by atoms with E-state index in [1.807, 2.05) is 24.9 Å². The Balaban J connectivity index is 1.87. The third kappa shape index (κ3) is 3.39. The van der Waals surface area contributed by atoms with Crippen LogP contribution >= 0.6 is 11.3 Å². The summed E-state index contributed by atoms with van der Waals surface area (Å²) in [4.78, 5) is 14.9. The second kappa shape index (κ2) is 6.09. The summed E-state index contributed by atoms with van der Waals surface area (Å²) in [6, 6.07) is 2.02. The summed E-state index contributed by atoms with van der Waals surface area (Å²) in [6.07, 6.45) is 1.81. The highest BCUT2D eigenvalue weighted by Crippen LogP contribution is 2.13. The Kier molecular flexibility index (Phi) is 4.44. The minimum absolute atomic E-state index is 0.0701. The number of rotatable bonds is 4. The lowest BCUT2D eigenvalue weighted by molar-refractivity contribution is 0.206. The molecule has 0 radical (unpaired) electrons. The normalized spacial score (nSPS) is 10.6. The van der Waals surface area contributed by atoms with Crippen molar-refractivity contribution in [3.8, 4) is 0 Å². The van der Waals surface area contributed by atoms with Crippen LogP contribution in [0.25, 0.3) is 0 Å². The zero-order chi connectivity index (χ0) is 14.7. The van der Waals surface area contributed by atoms with E-state index >= 15 is 0 Å². The molecular formula is C14H20N4OS. The lowest BCUT2D eigenvalue weighted by Gasteiger charge is -2.17. The molecule has 0 aliphatic heterocycles. The Morgan fingerprint density at radius 2 is 2.25 bits per heavy atom. The van der Waals surface area contributed by atoms with Gasteiger partial charge in [0.05, 0.1) is 19.3 Å². The Bertz CT molecular complexity index is 602. The summed E-state index contributed by atoms with van der Waals surface area (Å²) < 4.78 is 1.81. The molecule has 6 heteroatoms. The summed E-state index contributed by atoms with van der Waals surface area (Å²) in [5, 5.41) is 9.20. The van der Waals surface area contributed by atoms with Crippen LogP contribution < -0.4 is 5.32 Å². The Hall–Kier alpha value is -1.82. The fraction of sp³-hybridized carbons (Fsp3) is 0.429. The lowest BCUT2D eigenvalue weighted by atomic mass is 10.2. The van der Waals surface area contributed by atoms with Crippen molar-refractivity contribution in [1.29, 1.82) is 0 Å². The molecule has 0 unspecified atom stereocenters. The predicted octanol–water partition coefficient (Wildman–Crippen LogP) is 2.44. The van der Waals surface area contributed by atoms with E-state index in [1.165, 1.54) is 10.4 Å². The van der Waals surface area contributed by atoms with Gasteiger partial charge in [-0.1, -0.05) is 0 Å². The van der Waals surface area contributed by atoms with Gasteiger partial charge in [-0.2, -0.15) is 5.10 Å². The topological polar surface area (TPSA) is 50.2 Å². The third-order valence-electron chi connectivity index (χ3n) is 3.29. The van der Waals surface area contributed by atoms with E-state index in [0.717, 1.165) is 11.3 Å². The number of thiophene rings is 1. The van der Waals surface area contributed by atoms with E-state index in [9.17, 15) is 4.79 Å². The van der Waals surface area contributed by atoms with E-state index in [-0.39, 0.29) is 6.03 Å². The van der Waals surface area contributed by atoms with Crippen molar-refractivity contribution in [2.24, 2.45) is 7.05 Å². The Labute approximate surface area is 123 Å². The number of urea groups is 1.